The molecule has 0 atom stereocenters. The van der Waals surface area contributed by atoms with E-state index < -0.39 is 0 Å². The number of anilines is 2. The molecule has 110 valence electrons. The van der Waals surface area contributed by atoms with Crippen LogP contribution >= 0.6 is 23.4 Å². The summed E-state index contributed by atoms with van der Waals surface area (Å²) in [4.78, 5) is 12.9. The van der Waals surface area contributed by atoms with Crippen LogP contribution in [0.1, 0.15) is 11.1 Å². The van der Waals surface area contributed by atoms with Crippen LogP contribution in [0, 0.1) is 13.8 Å². The Morgan fingerprint density at radius 2 is 2.00 bits per heavy atom. The minimum Gasteiger partial charge on any atom is -0.398 e. The number of benzene rings is 2. The van der Waals surface area contributed by atoms with E-state index in [0.29, 0.717) is 16.5 Å². The van der Waals surface area contributed by atoms with Gasteiger partial charge in [-0.3, -0.25) is 4.79 Å². The highest BCUT2D eigenvalue weighted by atomic mass is 35.5. The molecule has 0 fully saturated rings. The molecule has 0 aliphatic carbocycles. The number of carbonyl (C=O) groups excluding carboxylic acids is 1. The summed E-state index contributed by atoms with van der Waals surface area (Å²) in [5.74, 6) is 0.250. The highest BCUT2D eigenvalue weighted by Crippen LogP contribution is 2.26. The molecular formula is C16H17ClN2OS. The number of aryl methyl sites for hydroxylation is 2. The van der Waals surface area contributed by atoms with Crippen LogP contribution in [0.25, 0.3) is 0 Å². The molecule has 0 aliphatic rings. The Morgan fingerprint density at radius 1 is 1.24 bits per heavy atom. The second-order valence-corrected chi connectivity index (χ2v) is 6.29. The number of rotatable bonds is 4. The molecule has 5 heteroatoms. The number of nitrogens with two attached hydrogens (primary N) is 1. The van der Waals surface area contributed by atoms with E-state index in [2.05, 4.69) is 5.32 Å². The van der Waals surface area contributed by atoms with Gasteiger partial charge in [0.25, 0.3) is 0 Å². The number of hydrogen-bond donors (Lipinski definition) is 2. The summed E-state index contributed by atoms with van der Waals surface area (Å²) in [5, 5.41) is 3.54. The van der Waals surface area contributed by atoms with Crippen molar-refractivity contribution < 1.29 is 4.79 Å². The quantitative estimate of drug-likeness (QED) is 0.653. The van der Waals surface area contributed by atoms with E-state index in [4.69, 9.17) is 17.3 Å². The summed E-state index contributed by atoms with van der Waals surface area (Å²) in [7, 11) is 0. The van der Waals surface area contributed by atoms with Gasteiger partial charge in [-0.2, -0.15) is 0 Å². The molecule has 21 heavy (non-hydrogen) atoms. The lowest BCUT2D eigenvalue weighted by molar-refractivity contribution is -0.113. The molecule has 2 aromatic rings. The van der Waals surface area contributed by atoms with Gasteiger partial charge in [-0.05, 0) is 55.3 Å². The molecule has 0 heterocycles. The third-order valence-corrected chi connectivity index (χ3v) is 4.31. The number of thioether (sulfide) groups is 1. The van der Waals surface area contributed by atoms with Crippen molar-refractivity contribution in [2.45, 2.75) is 18.7 Å². The van der Waals surface area contributed by atoms with Gasteiger partial charge in [0.15, 0.2) is 0 Å². The van der Waals surface area contributed by atoms with Crippen molar-refractivity contribution in [3.63, 3.8) is 0 Å². The van der Waals surface area contributed by atoms with E-state index >= 15 is 0 Å². The predicted molar refractivity (Wildman–Crippen MR) is 91.1 cm³/mol. The maximum atomic E-state index is 12.0. The number of amides is 1. The molecule has 0 saturated heterocycles. The third kappa shape index (κ3) is 4.41. The summed E-state index contributed by atoms with van der Waals surface area (Å²) in [6.07, 6.45) is 0. The van der Waals surface area contributed by atoms with Crippen molar-refractivity contribution >= 4 is 40.6 Å². The van der Waals surface area contributed by atoms with Crippen LogP contribution in [0.3, 0.4) is 0 Å². The lowest BCUT2D eigenvalue weighted by Crippen LogP contribution is -2.14. The largest absolute Gasteiger partial charge is 0.398 e. The molecule has 2 rings (SSSR count). The van der Waals surface area contributed by atoms with E-state index in [1.54, 1.807) is 12.1 Å². The van der Waals surface area contributed by atoms with Crippen LogP contribution < -0.4 is 11.1 Å². The number of carbonyl (C=O) groups is 1. The lowest BCUT2D eigenvalue weighted by atomic mass is 10.2. The average Bonchev–Trinajstić information content (AvgIpc) is 2.41. The van der Waals surface area contributed by atoms with Gasteiger partial charge in [0.05, 0.1) is 5.75 Å². The molecule has 0 saturated carbocycles. The van der Waals surface area contributed by atoms with Crippen LogP contribution in [0.15, 0.2) is 41.3 Å². The van der Waals surface area contributed by atoms with Crippen molar-refractivity contribution in [3.05, 3.63) is 52.5 Å². The first-order valence-electron chi connectivity index (χ1n) is 6.50. The number of nitrogen functional groups attached to an aromatic ring is 1. The molecule has 0 radical (unpaired) electrons. The van der Waals surface area contributed by atoms with Gasteiger partial charge in [-0.25, -0.2) is 0 Å². The summed E-state index contributed by atoms with van der Waals surface area (Å²) in [6, 6.07) is 11.2. The fraction of sp³-hybridized carbons (Fsp3) is 0.188. The molecule has 1 amide bonds. The molecule has 3 nitrogen and oxygen atoms in total. The molecule has 2 aromatic carbocycles. The lowest BCUT2D eigenvalue weighted by Gasteiger charge is -2.09. The van der Waals surface area contributed by atoms with Crippen molar-refractivity contribution in [1.82, 2.24) is 0 Å². The summed E-state index contributed by atoms with van der Waals surface area (Å²) in [5.41, 5.74) is 9.47. The summed E-state index contributed by atoms with van der Waals surface area (Å²) >= 11 is 7.32. The highest BCUT2D eigenvalue weighted by molar-refractivity contribution is 8.00. The number of hydrogen-bond acceptors (Lipinski definition) is 3. The Kier molecular flexibility index (Phi) is 5.15. The molecule has 0 unspecified atom stereocenters. The standard InChI is InChI=1S/C16H17ClN2OS/c1-10-3-6-15(13(18)7-10)21-9-16(20)19-14-5-4-12(17)8-11(14)2/h3-8H,9,18H2,1-2H3,(H,19,20). The zero-order chi connectivity index (χ0) is 15.4. The van der Waals surface area contributed by atoms with Crippen LogP contribution in [-0.2, 0) is 4.79 Å². The van der Waals surface area contributed by atoms with E-state index in [0.717, 1.165) is 21.7 Å². The van der Waals surface area contributed by atoms with Gasteiger partial charge in [0.2, 0.25) is 5.91 Å². The van der Waals surface area contributed by atoms with E-state index in [1.165, 1.54) is 11.8 Å². The van der Waals surface area contributed by atoms with Gasteiger partial charge in [-0.15, -0.1) is 11.8 Å². The topological polar surface area (TPSA) is 55.1 Å². The Balaban J connectivity index is 1.96. The Labute approximate surface area is 133 Å². The molecule has 0 bridgehead atoms. The fourth-order valence-corrected chi connectivity index (χ4v) is 2.87. The number of halogens is 1. The Bertz CT molecular complexity index is 673. The zero-order valence-corrected chi connectivity index (χ0v) is 13.5. The Hall–Kier alpha value is -1.65. The van der Waals surface area contributed by atoms with Gasteiger partial charge in [0, 0.05) is 21.3 Å². The van der Waals surface area contributed by atoms with Crippen molar-refractivity contribution in [2.75, 3.05) is 16.8 Å². The molecule has 0 aliphatic heterocycles. The van der Waals surface area contributed by atoms with E-state index in [1.807, 2.05) is 38.1 Å². The van der Waals surface area contributed by atoms with Crippen molar-refractivity contribution in [3.8, 4) is 0 Å². The van der Waals surface area contributed by atoms with Crippen molar-refractivity contribution in [2.24, 2.45) is 0 Å². The summed E-state index contributed by atoms with van der Waals surface area (Å²) in [6.45, 7) is 3.90. The van der Waals surface area contributed by atoms with Crippen LogP contribution in [-0.4, -0.2) is 11.7 Å². The first-order chi connectivity index (χ1) is 9.95. The minimum atomic E-state index is -0.0644. The first kappa shape index (κ1) is 15.7. The molecular weight excluding hydrogens is 304 g/mol. The molecule has 0 aromatic heterocycles. The predicted octanol–water partition coefficient (Wildman–Crippen LogP) is 4.27. The fourth-order valence-electron chi connectivity index (χ4n) is 1.90. The van der Waals surface area contributed by atoms with Gasteiger partial charge < -0.3 is 11.1 Å². The van der Waals surface area contributed by atoms with Crippen LogP contribution in [0.4, 0.5) is 11.4 Å². The second kappa shape index (κ2) is 6.87. The monoisotopic (exact) mass is 320 g/mol. The maximum absolute atomic E-state index is 12.0. The normalized spacial score (nSPS) is 10.4. The highest BCUT2D eigenvalue weighted by Gasteiger charge is 2.07. The van der Waals surface area contributed by atoms with E-state index in [9.17, 15) is 4.79 Å². The van der Waals surface area contributed by atoms with Crippen LogP contribution in [0.5, 0.6) is 0 Å². The zero-order valence-electron chi connectivity index (χ0n) is 11.9. The second-order valence-electron chi connectivity index (χ2n) is 4.84. The third-order valence-electron chi connectivity index (χ3n) is 2.99. The smallest absolute Gasteiger partial charge is 0.234 e. The molecule has 3 N–H and O–H groups in total. The van der Waals surface area contributed by atoms with Crippen molar-refractivity contribution in [1.29, 1.82) is 0 Å². The SMILES string of the molecule is Cc1ccc(SCC(=O)Nc2ccc(Cl)cc2C)c(N)c1. The van der Waals surface area contributed by atoms with Crippen LogP contribution in [0.2, 0.25) is 5.02 Å². The number of nitrogens with one attached hydrogen (secondary N) is 1. The maximum Gasteiger partial charge on any atom is 0.234 e. The first-order valence-corrected chi connectivity index (χ1v) is 7.87. The molecule has 0 spiro atoms. The average molecular weight is 321 g/mol. The summed E-state index contributed by atoms with van der Waals surface area (Å²) < 4.78 is 0. The van der Waals surface area contributed by atoms with E-state index in [-0.39, 0.29) is 5.91 Å². The van der Waals surface area contributed by atoms with Gasteiger partial charge in [-0.1, -0.05) is 17.7 Å². The Morgan fingerprint density at radius 3 is 2.67 bits per heavy atom. The van der Waals surface area contributed by atoms with Gasteiger partial charge >= 0.3 is 0 Å². The van der Waals surface area contributed by atoms with Gasteiger partial charge in [0.1, 0.15) is 0 Å². The minimum absolute atomic E-state index is 0.0644.